The van der Waals surface area contributed by atoms with E-state index in [0.717, 1.165) is 28.2 Å². The van der Waals surface area contributed by atoms with Gasteiger partial charge in [-0.3, -0.25) is 0 Å². The predicted octanol–water partition coefficient (Wildman–Crippen LogP) is 2.92. The van der Waals surface area contributed by atoms with Crippen molar-refractivity contribution < 1.29 is 4.74 Å². The van der Waals surface area contributed by atoms with Gasteiger partial charge in [0.05, 0.1) is 7.11 Å². The minimum atomic E-state index is -0.114. The van der Waals surface area contributed by atoms with Crippen LogP contribution in [0.25, 0.3) is 0 Å². The van der Waals surface area contributed by atoms with E-state index < -0.39 is 0 Å². The molecule has 102 valence electrons. The van der Waals surface area contributed by atoms with Crippen LogP contribution in [0.1, 0.15) is 24.4 Å². The summed E-state index contributed by atoms with van der Waals surface area (Å²) >= 11 is 3.54. The van der Waals surface area contributed by atoms with Crippen molar-refractivity contribution in [2.45, 2.75) is 25.9 Å². The summed E-state index contributed by atoms with van der Waals surface area (Å²) in [5, 5.41) is 0. The fourth-order valence-electron chi connectivity index (χ4n) is 2.06. The molecular weight excluding hydrogens is 306 g/mol. The summed E-state index contributed by atoms with van der Waals surface area (Å²) in [7, 11) is 1.66. The Morgan fingerprint density at radius 2 is 2.26 bits per heavy atom. The van der Waals surface area contributed by atoms with Gasteiger partial charge in [-0.25, -0.2) is 4.98 Å². The largest absolute Gasteiger partial charge is 0.497 e. The van der Waals surface area contributed by atoms with Crippen LogP contribution in [0.4, 0.5) is 0 Å². The number of imidazole rings is 1. The molecule has 0 saturated carbocycles. The van der Waals surface area contributed by atoms with E-state index in [1.54, 1.807) is 7.11 Å². The fraction of sp³-hybridized carbons (Fsp3) is 0.357. The molecule has 1 aromatic carbocycles. The molecule has 2 aromatic rings. The van der Waals surface area contributed by atoms with Gasteiger partial charge in [0, 0.05) is 35.9 Å². The molecule has 19 heavy (non-hydrogen) atoms. The third-order valence-electron chi connectivity index (χ3n) is 3.15. The van der Waals surface area contributed by atoms with Gasteiger partial charge >= 0.3 is 0 Å². The lowest BCUT2D eigenvalue weighted by molar-refractivity contribution is 0.413. The van der Waals surface area contributed by atoms with E-state index in [4.69, 9.17) is 10.5 Å². The minimum Gasteiger partial charge on any atom is -0.497 e. The average Bonchev–Trinajstić information content (AvgIpc) is 2.86. The summed E-state index contributed by atoms with van der Waals surface area (Å²) < 4.78 is 8.34. The molecular formula is C14H18BrN3O. The first kappa shape index (κ1) is 14.1. The van der Waals surface area contributed by atoms with Crippen LogP contribution >= 0.6 is 15.9 Å². The highest BCUT2D eigenvalue weighted by atomic mass is 79.9. The Labute approximate surface area is 121 Å². The lowest BCUT2D eigenvalue weighted by Crippen LogP contribution is -2.17. The molecule has 2 rings (SSSR count). The van der Waals surface area contributed by atoms with Gasteiger partial charge in [0.1, 0.15) is 11.6 Å². The van der Waals surface area contributed by atoms with E-state index in [0.29, 0.717) is 6.42 Å². The minimum absolute atomic E-state index is 0.114. The Morgan fingerprint density at radius 3 is 2.95 bits per heavy atom. The number of nitrogens with zero attached hydrogens (tertiary/aromatic N) is 2. The summed E-state index contributed by atoms with van der Waals surface area (Å²) in [5.41, 5.74) is 7.33. The maximum atomic E-state index is 6.30. The van der Waals surface area contributed by atoms with Crippen molar-refractivity contribution in [1.82, 2.24) is 9.55 Å². The first-order valence-electron chi connectivity index (χ1n) is 6.24. The van der Waals surface area contributed by atoms with E-state index in [2.05, 4.69) is 32.4 Å². The monoisotopic (exact) mass is 323 g/mol. The maximum Gasteiger partial charge on any atom is 0.119 e. The zero-order valence-corrected chi connectivity index (χ0v) is 12.7. The third-order valence-corrected chi connectivity index (χ3v) is 3.87. The maximum absolute atomic E-state index is 6.30. The van der Waals surface area contributed by atoms with Crippen LogP contribution in [0.3, 0.4) is 0 Å². The van der Waals surface area contributed by atoms with Gasteiger partial charge in [0.25, 0.3) is 0 Å². The highest BCUT2D eigenvalue weighted by Crippen LogP contribution is 2.28. The summed E-state index contributed by atoms with van der Waals surface area (Å²) in [5.74, 6) is 1.82. The zero-order chi connectivity index (χ0) is 13.8. The highest BCUT2D eigenvalue weighted by Gasteiger charge is 2.14. The lowest BCUT2D eigenvalue weighted by Gasteiger charge is -2.15. The summed E-state index contributed by atoms with van der Waals surface area (Å²) in [6.45, 7) is 3.00. The van der Waals surface area contributed by atoms with Gasteiger partial charge in [-0.2, -0.15) is 0 Å². The number of aromatic nitrogens is 2. The van der Waals surface area contributed by atoms with Crippen LogP contribution in [0.15, 0.2) is 35.1 Å². The van der Waals surface area contributed by atoms with Crippen LogP contribution in [0.5, 0.6) is 5.75 Å². The number of aryl methyl sites for hydroxylation is 1. The second kappa shape index (κ2) is 6.21. The lowest BCUT2D eigenvalue weighted by atomic mass is 10.0. The van der Waals surface area contributed by atoms with Gasteiger partial charge in [-0.15, -0.1) is 0 Å². The van der Waals surface area contributed by atoms with E-state index in [-0.39, 0.29) is 6.04 Å². The number of rotatable bonds is 5. The molecule has 0 spiro atoms. The molecule has 1 aromatic heterocycles. The number of methoxy groups -OCH3 is 1. The molecule has 0 aliphatic heterocycles. The van der Waals surface area contributed by atoms with E-state index in [1.165, 1.54) is 0 Å². The van der Waals surface area contributed by atoms with E-state index >= 15 is 0 Å². The summed E-state index contributed by atoms with van der Waals surface area (Å²) in [4.78, 5) is 4.36. The number of nitrogens with two attached hydrogens (primary N) is 1. The van der Waals surface area contributed by atoms with Gasteiger partial charge in [0.15, 0.2) is 0 Å². The fourth-order valence-corrected chi connectivity index (χ4v) is 2.60. The number of halogens is 1. The molecule has 0 radical (unpaired) electrons. The molecule has 4 nitrogen and oxygen atoms in total. The Hall–Kier alpha value is -1.33. The standard InChI is InChI=1S/C14H18BrN3O/c1-3-18-7-6-17-14(18)9-13(16)11-8-10(19-2)4-5-12(11)15/h4-8,13H,3,9,16H2,1-2H3. The number of benzene rings is 1. The first-order valence-corrected chi connectivity index (χ1v) is 7.04. The van der Waals surface area contributed by atoms with Gasteiger partial charge in [-0.05, 0) is 30.7 Å². The summed E-state index contributed by atoms with van der Waals surface area (Å²) in [6.07, 6.45) is 4.49. The number of ether oxygens (including phenoxy) is 1. The average molecular weight is 324 g/mol. The van der Waals surface area contributed by atoms with Crippen molar-refractivity contribution in [3.8, 4) is 5.75 Å². The first-order chi connectivity index (χ1) is 9.15. The zero-order valence-electron chi connectivity index (χ0n) is 11.1. The molecule has 1 heterocycles. The SMILES string of the molecule is CCn1ccnc1CC(N)c1cc(OC)ccc1Br. The van der Waals surface area contributed by atoms with Crippen molar-refractivity contribution in [3.63, 3.8) is 0 Å². The molecule has 0 aliphatic carbocycles. The van der Waals surface area contributed by atoms with Crippen LogP contribution in [0, 0.1) is 0 Å². The van der Waals surface area contributed by atoms with Crippen LogP contribution in [-0.4, -0.2) is 16.7 Å². The van der Waals surface area contributed by atoms with Crippen molar-refractivity contribution in [1.29, 1.82) is 0 Å². The molecule has 2 N–H and O–H groups in total. The van der Waals surface area contributed by atoms with Gasteiger partial charge in [-0.1, -0.05) is 15.9 Å². The molecule has 0 aliphatic rings. The number of hydrogen-bond acceptors (Lipinski definition) is 3. The summed E-state index contributed by atoms with van der Waals surface area (Å²) in [6, 6.07) is 5.72. The Bertz CT molecular complexity index is 553. The molecule has 5 heteroatoms. The smallest absolute Gasteiger partial charge is 0.119 e. The highest BCUT2D eigenvalue weighted by molar-refractivity contribution is 9.10. The van der Waals surface area contributed by atoms with Gasteiger partial charge in [0.2, 0.25) is 0 Å². The van der Waals surface area contributed by atoms with Crippen molar-refractivity contribution >= 4 is 15.9 Å². The van der Waals surface area contributed by atoms with Crippen LogP contribution in [0.2, 0.25) is 0 Å². The predicted molar refractivity (Wildman–Crippen MR) is 79.2 cm³/mol. The molecule has 0 bridgehead atoms. The molecule has 0 fully saturated rings. The van der Waals surface area contributed by atoms with Crippen LogP contribution < -0.4 is 10.5 Å². The van der Waals surface area contributed by atoms with Gasteiger partial charge < -0.3 is 15.0 Å². The molecule has 0 amide bonds. The van der Waals surface area contributed by atoms with Crippen LogP contribution in [-0.2, 0) is 13.0 Å². The Kier molecular flexibility index (Phi) is 4.61. The molecule has 1 unspecified atom stereocenters. The van der Waals surface area contributed by atoms with E-state index in [9.17, 15) is 0 Å². The van der Waals surface area contributed by atoms with Crippen molar-refractivity contribution in [2.24, 2.45) is 5.73 Å². The molecule has 0 saturated heterocycles. The Balaban J connectivity index is 2.22. The van der Waals surface area contributed by atoms with Crippen molar-refractivity contribution in [2.75, 3.05) is 7.11 Å². The van der Waals surface area contributed by atoms with Crippen molar-refractivity contribution in [3.05, 3.63) is 46.5 Å². The number of hydrogen-bond donors (Lipinski definition) is 1. The van der Waals surface area contributed by atoms with E-state index in [1.807, 2.05) is 30.6 Å². The second-order valence-electron chi connectivity index (χ2n) is 4.33. The third kappa shape index (κ3) is 3.16. The normalized spacial score (nSPS) is 12.4. The second-order valence-corrected chi connectivity index (χ2v) is 5.18. The quantitative estimate of drug-likeness (QED) is 0.920. The molecule has 1 atom stereocenters. The topological polar surface area (TPSA) is 53.1 Å². The Morgan fingerprint density at radius 1 is 1.47 bits per heavy atom.